The lowest BCUT2D eigenvalue weighted by atomic mass is 10.3. The van der Waals surface area contributed by atoms with E-state index in [2.05, 4.69) is 13.8 Å². The van der Waals surface area contributed by atoms with Crippen LogP contribution in [0.3, 0.4) is 0 Å². The first kappa shape index (κ1) is 12.2. The Kier molecular flexibility index (Phi) is 4.33. The second-order valence-electron chi connectivity index (χ2n) is 4.00. The van der Waals surface area contributed by atoms with Gasteiger partial charge < -0.3 is 10.5 Å². The summed E-state index contributed by atoms with van der Waals surface area (Å²) in [6.07, 6.45) is 0.159. The van der Waals surface area contributed by atoms with E-state index in [0.717, 1.165) is 16.3 Å². The Labute approximate surface area is 96.2 Å². The molecule has 3 heteroatoms. The molecule has 0 aliphatic rings. The molecule has 0 radical (unpaired) electrons. The van der Waals surface area contributed by atoms with Crippen molar-refractivity contribution in [3.63, 3.8) is 0 Å². The quantitative estimate of drug-likeness (QED) is 0.628. The molecule has 1 aromatic carbocycles. The van der Waals surface area contributed by atoms with Gasteiger partial charge >= 0.3 is 0 Å². The molecule has 0 saturated carbocycles. The molecule has 0 bridgehead atoms. The summed E-state index contributed by atoms with van der Waals surface area (Å²) in [5.41, 5.74) is 6.79. The maximum atomic E-state index is 6.03. The molecule has 0 aromatic heterocycles. The normalized spacial score (nSPS) is 11.1. The highest BCUT2D eigenvalue weighted by molar-refractivity contribution is 8.00. The van der Waals surface area contributed by atoms with Gasteiger partial charge in [-0.2, -0.15) is 0 Å². The highest BCUT2D eigenvalue weighted by atomic mass is 32.2. The van der Waals surface area contributed by atoms with Gasteiger partial charge in [-0.3, -0.25) is 0 Å². The molecule has 0 amide bonds. The van der Waals surface area contributed by atoms with Gasteiger partial charge in [-0.25, -0.2) is 0 Å². The summed E-state index contributed by atoms with van der Waals surface area (Å²) in [6.45, 7) is 8.31. The van der Waals surface area contributed by atoms with Crippen molar-refractivity contribution in [3.05, 3.63) is 18.2 Å². The number of ether oxygens (including phenoxy) is 1. The fraction of sp³-hybridized carbons (Fsp3) is 0.500. The van der Waals surface area contributed by atoms with Crippen LogP contribution in [0.4, 0.5) is 5.69 Å². The minimum Gasteiger partial charge on any atom is -0.489 e. The molecule has 0 heterocycles. The van der Waals surface area contributed by atoms with Crippen molar-refractivity contribution in [2.75, 3.05) is 5.73 Å². The maximum Gasteiger partial charge on any atom is 0.143 e. The van der Waals surface area contributed by atoms with Crippen LogP contribution in [0.1, 0.15) is 27.7 Å². The number of anilines is 1. The molecular weight excluding hydrogens is 206 g/mol. The van der Waals surface area contributed by atoms with Gasteiger partial charge in [0.2, 0.25) is 0 Å². The first-order valence-electron chi connectivity index (χ1n) is 5.22. The lowest BCUT2D eigenvalue weighted by molar-refractivity contribution is 0.243. The average Bonchev–Trinajstić information content (AvgIpc) is 2.10. The van der Waals surface area contributed by atoms with Crippen LogP contribution in [0, 0.1) is 0 Å². The Morgan fingerprint density at radius 1 is 1.20 bits per heavy atom. The maximum absolute atomic E-state index is 6.03. The Balaban J connectivity index is 2.90. The van der Waals surface area contributed by atoms with Gasteiger partial charge in [0.05, 0.1) is 11.8 Å². The summed E-state index contributed by atoms with van der Waals surface area (Å²) in [6, 6.07) is 5.94. The van der Waals surface area contributed by atoms with E-state index in [4.69, 9.17) is 10.5 Å². The molecular formula is C12H19NOS. The predicted octanol–water partition coefficient (Wildman–Crippen LogP) is 3.56. The van der Waals surface area contributed by atoms with Crippen molar-refractivity contribution in [1.29, 1.82) is 0 Å². The number of nitrogens with two attached hydrogens (primary N) is 1. The molecule has 0 unspecified atom stereocenters. The fourth-order valence-electron chi connectivity index (χ4n) is 1.24. The summed E-state index contributed by atoms with van der Waals surface area (Å²) in [7, 11) is 0. The average molecular weight is 225 g/mol. The third kappa shape index (κ3) is 3.67. The zero-order valence-electron chi connectivity index (χ0n) is 9.78. The van der Waals surface area contributed by atoms with Gasteiger partial charge in [-0.1, -0.05) is 19.9 Å². The number of hydrogen-bond acceptors (Lipinski definition) is 3. The van der Waals surface area contributed by atoms with E-state index >= 15 is 0 Å². The monoisotopic (exact) mass is 225 g/mol. The van der Waals surface area contributed by atoms with Crippen LogP contribution in [0.2, 0.25) is 0 Å². The van der Waals surface area contributed by atoms with Gasteiger partial charge in [0.15, 0.2) is 0 Å². The summed E-state index contributed by atoms with van der Waals surface area (Å²) in [4.78, 5) is 1.10. The fourth-order valence-corrected chi connectivity index (χ4v) is 2.13. The molecule has 1 aromatic rings. The number of rotatable bonds is 4. The Morgan fingerprint density at radius 3 is 2.40 bits per heavy atom. The summed E-state index contributed by atoms with van der Waals surface area (Å²) in [5, 5.41) is 0.529. The number of benzene rings is 1. The van der Waals surface area contributed by atoms with E-state index in [0.29, 0.717) is 5.25 Å². The molecule has 0 fully saturated rings. The van der Waals surface area contributed by atoms with Crippen LogP contribution in [0.25, 0.3) is 0 Å². The van der Waals surface area contributed by atoms with Gasteiger partial charge in [-0.15, -0.1) is 11.8 Å². The number of hydrogen-bond donors (Lipinski definition) is 1. The third-order valence-electron chi connectivity index (χ3n) is 1.75. The Bertz CT molecular complexity index is 295. The van der Waals surface area contributed by atoms with Crippen molar-refractivity contribution in [3.8, 4) is 5.75 Å². The molecule has 0 atom stereocenters. The highest BCUT2D eigenvalue weighted by Gasteiger charge is 2.08. The van der Waals surface area contributed by atoms with E-state index in [9.17, 15) is 0 Å². The van der Waals surface area contributed by atoms with Gasteiger partial charge in [0, 0.05) is 10.1 Å². The smallest absolute Gasteiger partial charge is 0.143 e. The second kappa shape index (κ2) is 5.31. The van der Waals surface area contributed by atoms with Crippen molar-refractivity contribution < 1.29 is 4.74 Å². The van der Waals surface area contributed by atoms with Crippen molar-refractivity contribution in [2.24, 2.45) is 0 Å². The number of para-hydroxylation sites is 1. The largest absolute Gasteiger partial charge is 0.489 e. The highest BCUT2D eigenvalue weighted by Crippen LogP contribution is 2.35. The SMILES string of the molecule is CC(C)Oc1cccc(SC(C)C)c1N. The number of nitrogen functional groups attached to an aromatic ring is 1. The molecule has 1 rings (SSSR count). The van der Waals surface area contributed by atoms with Crippen LogP contribution < -0.4 is 10.5 Å². The van der Waals surface area contributed by atoms with Gasteiger partial charge in [0.1, 0.15) is 5.75 Å². The lowest BCUT2D eigenvalue weighted by Gasteiger charge is -2.15. The van der Waals surface area contributed by atoms with E-state index in [1.54, 1.807) is 11.8 Å². The molecule has 2 nitrogen and oxygen atoms in total. The minimum absolute atomic E-state index is 0.159. The van der Waals surface area contributed by atoms with E-state index in [1.807, 2.05) is 32.0 Å². The molecule has 0 aliphatic heterocycles. The molecule has 0 spiro atoms. The minimum atomic E-state index is 0.159. The second-order valence-corrected chi connectivity index (χ2v) is 5.62. The lowest BCUT2D eigenvalue weighted by Crippen LogP contribution is -2.08. The third-order valence-corrected chi connectivity index (χ3v) is 2.83. The first-order chi connectivity index (χ1) is 7.00. The van der Waals surface area contributed by atoms with Crippen molar-refractivity contribution >= 4 is 17.4 Å². The molecule has 2 N–H and O–H groups in total. The van der Waals surface area contributed by atoms with Crippen LogP contribution >= 0.6 is 11.8 Å². The Morgan fingerprint density at radius 2 is 1.87 bits per heavy atom. The molecule has 15 heavy (non-hydrogen) atoms. The molecule has 84 valence electrons. The van der Waals surface area contributed by atoms with Crippen LogP contribution in [-0.2, 0) is 0 Å². The first-order valence-corrected chi connectivity index (χ1v) is 6.10. The van der Waals surface area contributed by atoms with Crippen molar-refractivity contribution in [2.45, 2.75) is 43.9 Å². The summed E-state index contributed by atoms with van der Waals surface area (Å²) < 4.78 is 5.63. The van der Waals surface area contributed by atoms with Crippen LogP contribution in [0.5, 0.6) is 5.75 Å². The summed E-state index contributed by atoms with van der Waals surface area (Å²) >= 11 is 1.76. The van der Waals surface area contributed by atoms with E-state index < -0.39 is 0 Å². The van der Waals surface area contributed by atoms with Crippen LogP contribution in [-0.4, -0.2) is 11.4 Å². The predicted molar refractivity (Wildman–Crippen MR) is 67.6 cm³/mol. The number of thioether (sulfide) groups is 1. The standard InChI is InChI=1S/C12H19NOS/c1-8(2)14-10-6-5-7-11(12(10)13)15-9(3)4/h5-9H,13H2,1-4H3. The van der Waals surface area contributed by atoms with E-state index in [1.165, 1.54) is 0 Å². The van der Waals surface area contributed by atoms with E-state index in [-0.39, 0.29) is 6.10 Å². The zero-order chi connectivity index (χ0) is 11.4. The molecule has 0 saturated heterocycles. The summed E-state index contributed by atoms with van der Waals surface area (Å²) in [5.74, 6) is 0.788. The topological polar surface area (TPSA) is 35.2 Å². The van der Waals surface area contributed by atoms with Gasteiger partial charge in [-0.05, 0) is 26.0 Å². The Hall–Kier alpha value is -0.830. The zero-order valence-corrected chi connectivity index (χ0v) is 10.6. The van der Waals surface area contributed by atoms with Crippen molar-refractivity contribution in [1.82, 2.24) is 0 Å². The van der Waals surface area contributed by atoms with Gasteiger partial charge in [0.25, 0.3) is 0 Å². The van der Waals surface area contributed by atoms with Crippen LogP contribution in [0.15, 0.2) is 23.1 Å². The molecule has 0 aliphatic carbocycles.